The summed E-state index contributed by atoms with van der Waals surface area (Å²) in [5.74, 6) is 0.748. The Hall–Kier alpha value is -2.03. The number of hydrogen-bond acceptors (Lipinski definition) is 4. The van der Waals surface area contributed by atoms with Crippen LogP contribution in [0.25, 0.3) is 0 Å². The molecule has 0 aromatic heterocycles. The Morgan fingerprint density at radius 2 is 1.72 bits per heavy atom. The SMILES string of the molecule is CCNC(=NCc1ccc(S(=O)(=O)N(C)C)cc1)NCC(C)Sc1ccccc1. The van der Waals surface area contributed by atoms with E-state index in [1.165, 1.54) is 23.3 Å². The molecule has 0 radical (unpaired) electrons. The minimum Gasteiger partial charge on any atom is -0.357 e. The summed E-state index contributed by atoms with van der Waals surface area (Å²) >= 11 is 1.82. The third-order valence-electron chi connectivity index (χ3n) is 4.10. The molecule has 8 heteroatoms. The standard InChI is InChI=1S/C21H30N4O2S2/c1-5-22-21(23-15-17(2)28-19-9-7-6-8-10-19)24-16-18-11-13-20(14-12-18)29(26,27)25(3)4/h6-14,17H,5,15-16H2,1-4H3,(H2,22,23,24). The van der Waals surface area contributed by atoms with E-state index < -0.39 is 10.0 Å². The predicted octanol–water partition coefficient (Wildman–Crippen LogP) is 3.17. The molecule has 2 aromatic rings. The molecule has 2 N–H and O–H groups in total. The molecule has 0 heterocycles. The summed E-state index contributed by atoms with van der Waals surface area (Å²) in [4.78, 5) is 6.15. The van der Waals surface area contributed by atoms with Crippen LogP contribution in [0.3, 0.4) is 0 Å². The summed E-state index contributed by atoms with van der Waals surface area (Å²) in [6.07, 6.45) is 0. The van der Waals surface area contributed by atoms with Gasteiger partial charge in [-0.15, -0.1) is 11.8 Å². The van der Waals surface area contributed by atoms with E-state index in [-0.39, 0.29) is 4.90 Å². The van der Waals surface area contributed by atoms with Crippen LogP contribution in [-0.4, -0.2) is 51.1 Å². The molecule has 0 spiro atoms. The number of benzene rings is 2. The highest BCUT2D eigenvalue weighted by molar-refractivity contribution is 8.00. The summed E-state index contributed by atoms with van der Waals surface area (Å²) < 4.78 is 25.5. The largest absolute Gasteiger partial charge is 0.357 e. The lowest BCUT2D eigenvalue weighted by atomic mass is 10.2. The second-order valence-electron chi connectivity index (χ2n) is 6.75. The Balaban J connectivity index is 1.94. The third-order valence-corrected chi connectivity index (χ3v) is 7.05. The number of hydrogen-bond donors (Lipinski definition) is 2. The molecule has 0 saturated carbocycles. The van der Waals surface area contributed by atoms with E-state index in [2.05, 4.69) is 34.7 Å². The lowest BCUT2D eigenvalue weighted by Crippen LogP contribution is -2.40. The van der Waals surface area contributed by atoms with Gasteiger partial charge in [0.2, 0.25) is 10.0 Å². The quantitative estimate of drug-likeness (QED) is 0.360. The molecule has 2 rings (SSSR count). The second-order valence-corrected chi connectivity index (χ2v) is 10.4. The lowest BCUT2D eigenvalue weighted by molar-refractivity contribution is 0.520. The molecule has 0 fully saturated rings. The molecule has 158 valence electrons. The first kappa shape index (κ1) is 23.3. The van der Waals surface area contributed by atoms with Crippen molar-refractivity contribution in [2.75, 3.05) is 27.2 Å². The minimum atomic E-state index is -3.41. The lowest BCUT2D eigenvalue weighted by Gasteiger charge is -2.16. The van der Waals surface area contributed by atoms with Gasteiger partial charge in [0, 0.05) is 37.3 Å². The Kier molecular flexibility index (Phi) is 9.00. The Labute approximate surface area is 178 Å². The Morgan fingerprint density at radius 1 is 1.07 bits per heavy atom. The zero-order valence-electron chi connectivity index (χ0n) is 17.4. The molecular weight excluding hydrogens is 404 g/mol. The van der Waals surface area contributed by atoms with Gasteiger partial charge in [0.1, 0.15) is 0 Å². The van der Waals surface area contributed by atoms with Gasteiger partial charge in [-0.2, -0.15) is 0 Å². The Morgan fingerprint density at radius 3 is 2.31 bits per heavy atom. The molecule has 1 unspecified atom stereocenters. The van der Waals surface area contributed by atoms with Crippen molar-refractivity contribution >= 4 is 27.7 Å². The van der Waals surface area contributed by atoms with Gasteiger partial charge < -0.3 is 10.6 Å². The van der Waals surface area contributed by atoms with Crippen molar-refractivity contribution in [3.05, 3.63) is 60.2 Å². The first-order chi connectivity index (χ1) is 13.8. The van der Waals surface area contributed by atoms with Gasteiger partial charge in [-0.1, -0.05) is 37.3 Å². The molecule has 0 aliphatic heterocycles. The molecule has 2 aromatic carbocycles. The van der Waals surface area contributed by atoms with Crippen molar-refractivity contribution < 1.29 is 8.42 Å². The van der Waals surface area contributed by atoms with Crippen LogP contribution in [0.5, 0.6) is 0 Å². The van der Waals surface area contributed by atoms with Crippen LogP contribution in [0.15, 0.2) is 69.4 Å². The smallest absolute Gasteiger partial charge is 0.242 e. The van der Waals surface area contributed by atoms with E-state index in [1.807, 2.05) is 36.9 Å². The number of thioether (sulfide) groups is 1. The molecule has 0 aliphatic rings. The molecular formula is C21H30N4O2S2. The van der Waals surface area contributed by atoms with E-state index in [0.29, 0.717) is 11.8 Å². The van der Waals surface area contributed by atoms with Crippen molar-refractivity contribution in [3.8, 4) is 0 Å². The number of aliphatic imine (C=N–C) groups is 1. The highest BCUT2D eigenvalue weighted by Crippen LogP contribution is 2.21. The van der Waals surface area contributed by atoms with Crippen molar-refractivity contribution in [3.63, 3.8) is 0 Å². The monoisotopic (exact) mass is 434 g/mol. The molecule has 0 aliphatic carbocycles. The molecule has 0 saturated heterocycles. The first-order valence-corrected chi connectivity index (χ1v) is 11.9. The first-order valence-electron chi connectivity index (χ1n) is 9.58. The average Bonchev–Trinajstić information content (AvgIpc) is 2.71. The second kappa shape index (κ2) is 11.2. The number of nitrogens with one attached hydrogen (secondary N) is 2. The summed E-state index contributed by atoms with van der Waals surface area (Å²) in [5.41, 5.74) is 0.951. The number of rotatable bonds is 9. The zero-order chi connectivity index (χ0) is 21.3. The summed E-state index contributed by atoms with van der Waals surface area (Å²) in [6.45, 7) is 6.23. The zero-order valence-corrected chi connectivity index (χ0v) is 19.1. The van der Waals surface area contributed by atoms with Gasteiger partial charge >= 0.3 is 0 Å². The Bertz CT molecular complexity index is 883. The van der Waals surface area contributed by atoms with Crippen molar-refractivity contribution in [2.24, 2.45) is 4.99 Å². The predicted molar refractivity (Wildman–Crippen MR) is 122 cm³/mol. The van der Waals surface area contributed by atoms with Gasteiger partial charge in [-0.05, 0) is 36.8 Å². The summed E-state index contributed by atoms with van der Waals surface area (Å²) in [5, 5.41) is 7.01. The fraction of sp³-hybridized carbons (Fsp3) is 0.381. The van der Waals surface area contributed by atoms with Crippen LogP contribution in [0.2, 0.25) is 0 Å². The molecule has 6 nitrogen and oxygen atoms in total. The minimum absolute atomic E-state index is 0.284. The molecule has 29 heavy (non-hydrogen) atoms. The maximum Gasteiger partial charge on any atom is 0.242 e. The highest BCUT2D eigenvalue weighted by atomic mass is 32.2. The van der Waals surface area contributed by atoms with Crippen molar-refractivity contribution in [1.82, 2.24) is 14.9 Å². The summed E-state index contributed by atoms with van der Waals surface area (Å²) in [7, 11) is -0.354. The van der Waals surface area contributed by atoms with Crippen LogP contribution >= 0.6 is 11.8 Å². The summed E-state index contributed by atoms with van der Waals surface area (Å²) in [6, 6.07) is 17.2. The van der Waals surface area contributed by atoms with E-state index in [9.17, 15) is 8.42 Å². The van der Waals surface area contributed by atoms with Crippen LogP contribution in [0.1, 0.15) is 19.4 Å². The molecule has 0 bridgehead atoms. The molecule has 1 atom stereocenters. The van der Waals surface area contributed by atoms with Gasteiger partial charge in [0.25, 0.3) is 0 Å². The highest BCUT2D eigenvalue weighted by Gasteiger charge is 2.16. The van der Waals surface area contributed by atoms with Crippen LogP contribution in [0, 0.1) is 0 Å². The van der Waals surface area contributed by atoms with Gasteiger partial charge in [-0.25, -0.2) is 17.7 Å². The van der Waals surface area contributed by atoms with Crippen LogP contribution < -0.4 is 10.6 Å². The number of sulfonamides is 1. The van der Waals surface area contributed by atoms with E-state index in [1.54, 1.807) is 24.3 Å². The van der Waals surface area contributed by atoms with Gasteiger partial charge in [0.05, 0.1) is 11.4 Å². The van der Waals surface area contributed by atoms with Gasteiger partial charge in [-0.3, -0.25) is 0 Å². The normalized spacial score (nSPS) is 13.3. The number of guanidine groups is 1. The van der Waals surface area contributed by atoms with E-state index in [0.717, 1.165) is 24.6 Å². The number of nitrogens with zero attached hydrogens (tertiary/aromatic N) is 2. The van der Waals surface area contributed by atoms with Crippen LogP contribution in [0.4, 0.5) is 0 Å². The third kappa shape index (κ3) is 7.38. The van der Waals surface area contributed by atoms with E-state index in [4.69, 9.17) is 0 Å². The van der Waals surface area contributed by atoms with Crippen molar-refractivity contribution in [1.29, 1.82) is 0 Å². The fourth-order valence-electron chi connectivity index (χ4n) is 2.50. The average molecular weight is 435 g/mol. The van der Waals surface area contributed by atoms with Gasteiger partial charge in [0.15, 0.2) is 5.96 Å². The maximum absolute atomic E-state index is 12.2. The fourth-order valence-corrected chi connectivity index (χ4v) is 4.35. The molecule has 0 amide bonds. The topological polar surface area (TPSA) is 73.8 Å². The van der Waals surface area contributed by atoms with E-state index >= 15 is 0 Å². The van der Waals surface area contributed by atoms with Crippen LogP contribution in [-0.2, 0) is 16.6 Å². The van der Waals surface area contributed by atoms with Crippen molar-refractivity contribution in [2.45, 2.75) is 35.4 Å². The maximum atomic E-state index is 12.2.